The molecule has 0 aliphatic heterocycles. The zero-order chi connectivity index (χ0) is 13.9. The van der Waals surface area contributed by atoms with Gasteiger partial charge in [-0.3, -0.25) is 4.79 Å². The Morgan fingerprint density at radius 2 is 2.26 bits per heavy atom. The number of furan rings is 1. The number of tetrazole rings is 1. The molecular weight excluding hydrogens is 264 g/mol. The van der Waals surface area contributed by atoms with E-state index in [9.17, 15) is 4.79 Å². The molecule has 0 aromatic carbocycles. The van der Waals surface area contributed by atoms with E-state index in [1.807, 2.05) is 32.9 Å². The van der Waals surface area contributed by atoms with Gasteiger partial charge in [-0.1, -0.05) is 32.5 Å². The molecule has 0 bridgehead atoms. The van der Waals surface area contributed by atoms with Gasteiger partial charge in [-0.05, 0) is 22.6 Å². The number of carbonyl (C=O) groups is 1. The van der Waals surface area contributed by atoms with Crippen LogP contribution in [0.2, 0.25) is 0 Å². The predicted molar refractivity (Wildman–Crippen MR) is 70.8 cm³/mol. The molecule has 7 heteroatoms. The first kappa shape index (κ1) is 13.8. The molecule has 0 amide bonds. The quantitative estimate of drug-likeness (QED) is 0.780. The summed E-state index contributed by atoms with van der Waals surface area (Å²) in [5.74, 6) is 1.31. The fourth-order valence-electron chi connectivity index (χ4n) is 1.30. The lowest BCUT2D eigenvalue weighted by atomic mass is 9.92. The van der Waals surface area contributed by atoms with Crippen molar-refractivity contribution in [2.75, 3.05) is 5.75 Å². The van der Waals surface area contributed by atoms with Gasteiger partial charge >= 0.3 is 0 Å². The van der Waals surface area contributed by atoms with Crippen molar-refractivity contribution >= 4 is 17.5 Å². The van der Waals surface area contributed by atoms with Gasteiger partial charge in [-0.15, -0.1) is 5.10 Å². The number of hydrogen-bond acceptors (Lipinski definition) is 6. The monoisotopic (exact) mass is 280 g/mol. The van der Waals surface area contributed by atoms with Crippen molar-refractivity contribution in [3.63, 3.8) is 0 Å². The third-order valence-electron chi connectivity index (χ3n) is 2.55. The Hall–Kier alpha value is -1.63. The van der Waals surface area contributed by atoms with Crippen LogP contribution in [0.15, 0.2) is 28.0 Å². The summed E-state index contributed by atoms with van der Waals surface area (Å²) in [5.41, 5.74) is -0.341. The molecule has 0 saturated heterocycles. The number of carbonyl (C=O) groups excluding carboxylic acids is 1. The van der Waals surface area contributed by atoms with Crippen molar-refractivity contribution in [1.29, 1.82) is 0 Å². The van der Waals surface area contributed by atoms with Crippen LogP contribution in [-0.4, -0.2) is 31.7 Å². The van der Waals surface area contributed by atoms with Gasteiger partial charge in [-0.25, -0.2) is 4.68 Å². The average Bonchev–Trinajstić information content (AvgIpc) is 2.97. The van der Waals surface area contributed by atoms with Gasteiger partial charge in [0.2, 0.25) is 5.16 Å². The van der Waals surface area contributed by atoms with E-state index in [2.05, 4.69) is 15.5 Å². The average molecular weight is 280 g/mol. The largest absolute Gasteiger partial charge is 0.467 e. The Balaban J connectivity index is 1.98. The Morgan fingerprint density at radius 3 is 2.89 bits per heavy atom. The number of Topliss-reactive ketones (excluding diaryl/α,β-unsaturated/α-hetero) is 1. The molecule has 0 aliphatic rings. The van der Waals surface area contributed by atoms with Gasteiger partial charge in [0.1, 0.15) is 18.1 Å². The van der Waals surface area contributed by atoms with Gasteiger partial charge in [0.15, 0.2) is 0 Å². The van der Waals surface area contributed by atoms with E-state index in [-0.39, 0.29) is 11.2 Å². The Bertz CT molecular complexity index is 542. The highest BCUT2D eigenvalue weighted by Gasteiger charge is 2.22. The molecule has 0 unspecified atom stereocenters. The number of ketones is 1. The van der Waals surface area contributed by atoms with Crippen molar-refractivity contribution in [2.24, 2.45) is 5.41 Å². The zero-order valence-electron chi connectivity index (χ0n) is 11.2. The maximum Gasteiger partial charge on any atom is 0.210 e. The lowest BCUT2D eigenvalue weighted by Gasteiger charge is -2.15. The molecule has 2 heterocycles. The SMILES string of the molecule is CC(C)(C)C(=O)CSc1nnnn1Cc1ccco1. The normalized spacial score (nSPS) is 11.7. The number of nitrogens with zero attached hydrogens (tertiary/aromatic N) is 4. The van der Waals surface area contributed by atoms with Crippen molar-refractivity contribution in [3.05, 3.63) is 24.2 Å². The molecule has 102 valence electrons. The van der Waals surface area contributed by atoms with Crippen molar-refractivity contribution in [3.8, 4) is 0 Å². The van der Waals surface area contributed by atoms with E-state index in [4.69, 9.17) is 4.42 Å². The first-order chi connectivity index (χ1) is 8.97. The summed E-state index contributed by atoms with van der Waals surface area (Å²) in [6, 6.07) is 3.67. The third kappa shape index (κ3) is 3.66. The summed E-state index contributed by atoms with van der Waals surface area (Å²) in [6.45, 7) is 6.18. The summed E-state index contributed by atoms with van der Waals surface area (Å²) < 4.78 is 6.87. The molecule has 0 fully saturated rings. The second-order valence-electron chi connectivity index (χ2n) is 5.16. The molecule has 0 saturated carbocycles. The lowest BCUT2D eigenvalue weighted by molar-refractivity contribution is -0.123. The fourth-order valence-corrected chi connectivity index (χ4v) is 2.33. The molecule has 19 heavy (non-hydrogen) atoms. The van der Waals surface area contributed by atoms with E-state index < -0.39 is 0 Å². The van der Waals surface area contributed by atoms with Gasteiger partial charge < -0.3 is 4.42 Å². The zero-order valence-corrected chi connectivity index (χ0v) is 12.0. The standard InChI is InChI=1S/C12H16N4O2S/c1-12(2,3)10(17)8-19-11-13-14-15-16(11)7-9-5-4-6-18-9/h4-6H,7-8H2,1-3H3. The molecule has 2 rings (SSSR count). The second kappa shape index (κ2) is 5.56. The number of thioether (sulfide) groups is 1. The van der Waals surface area contributed by atoms with E-state index in [1.54, 1.807) is 10.9 Å². The Labute approximate surface area is 115 Å². The minimum atomic E-state index is -0.341. The second-order valence-corrected chi connectivity index (χ2v) is 6.10. The molecule has 2 aromatic rings. The molecule has 0 spiro atoms. The number of hydrogen-bond donors (Lipinski definition) is 0. The molecular formula is C12H16N4O2S. The van der Waals surface area contributed by atoms with Crippen LogP contribution in [0.3, 0.4) is 0 Å². The summed E-state index contributed by atoms with van der Waals surface area (Å²) in [6.07, 6.45) is 1.61. The molecule has 6 nitrogen and oxygen atoms in total. The van der Waals surface area contributed by atoms with Crippen LogP contribution in [0, 0.1) is 5.41 Å². The van der Waals surface area contributed by atoms with Gasteiger partial charge in [-0.2, -0.15) is 0 Å². The number of aromatic nitrogens is 4. The van der Waals surface area contributed by atoms with Crippen molar-refractivity contribution in [2.45, 2.75) is 32.5 Å². The van der Waals surface area contributed by atoms with Crippen molar-refractivity contribution < 1.29 is 9.21 Å². The summed E-state index contributed by atoms with van der Waals surface area (Å²) in [5, 5.41) is 12.1. The topological polar surface area (TPSA) is 73.8 Å². The van der Waals surface area contributed by atoms with Gasteiger partial charge in [0.05, 0.1) is 12.0 Å². The van der Waals surface area contributed by atoms with Crippen molar-refractivity contribution in [1.82, 2.24) is 20.2 Å². The Morgan fingerprint density at radius 1 is 1.47 bits per heavy atom. The van der Waals surface area contributed by atoms with Crippen LogP contribution >= 0.6 is 11.8 Å². The smallest absolute Gasteiger partial charge is 0.210 e. The van der Waals surface area contributed by atoms with Crippen LogP contribution in [0.1, 0.15) is 26.5 Å². The van der Waals surface area contributed by atoms with Crippen LogP contribution in [0.25, 0.3) is 0 Å². The Kier molecular flexibility index (Phi) is 4.04. The van der Waals surface area contributed by atoms with Gasteiger partial charge in [0, 0.05) is 5.41 Å². The summed E-state index contributed by atoms with van der Waals surface area (Å²) in [4.78, 5) is 11.9. The fraction of sp³-hybridized carbons (Fsp3) is 0.500. The lowest BCUT2D eigenvalue weighted by Crippen LogP contribution is -2.22. The van der Waals surface area contributed by atoms with E-state index in [1.165, 1.54) is 11.8 Å². The van der Waals surface area contributed by atoms with Crippen LogP contribution in [-0.2, 0) is 11.3 Å². The van der Waals surface area contributed by atoms with Crippen LogP contribution in [0.5, 0.6) is 0 Å². The van der Waals surface area contributed by atoms with E-state index in [0.717, 1.165) is 5.76 Å². The first-order valence-corrected chi connectivity index (χ1v) is 6.90. The van der Waals surface area contributed by atoms with Crippen LogP contribution in [0.4, 0.5) is 0 Å². The maximum atomic E-state index is 11.9. The number of rotatable bonds is 5. The van der Waals surface area contributed by atoms with Gasteiger partial charge in [0.25, 0.3) is 0 Å². The molecule has 0 atom stereocenters. The summed E-state index contributed by atoms with van der Waals surface area (Å²) in [7, 11) is 0. The van der Waals surface area contributed by atoms with E-state index >= 15 is 0 Å². The molecule has 0 N–H and O–H groups in total. The first-order valence-electron chi connectivity index (χ1n) is 5.91. The van der Waals surface area contributed by atoms with E-state index in [0.29, 0.717) is 17.5 Å². The highest BCUT2D eigenvalue weighted by molar-refractivity contribution is 7.99. The minimum Gasteiger partial charge on any atom is -0.467 e. The highest BCUT2D eigenvalue weighted by atomic mass is 32.2. The highest BCUT2D eigenvalue weighted by Crippen LogP contribution is 2.21. The third-order valence-corrected chi connectivity index (χ3v) is 3.51. The summed E-state index contributed by atoms with van der Waals surface area (Å²) >= 11 is 1.35. The predicted octanol–water partition coefficient (Wildman–Crippen LogP) is 2.02. The molecule has 2 aromatic heterocycles. The molecule has 0 aliphatic carbocycles. The minimum absolute atomic E-state index is 0.171. The van der Waals surface area contributed by atoms with Crippen LogP contribution < -0.4 is 0 Å². The molecule has 0 radical (unpaired) electrons. The maximum absolute atomic E-state index is 11.9.